The van der Waals surface area contributed by atoms with Gasteiger partial charge in [-0.05, 0) is 31.5 Å². The third kappa shape index (κ3) is 2.65. The Morgan fingerprint density at radius 3 is 2.79 bits per heavy atom. The summed E-state index contributed by atoms with van der Waals surface area (Å²) in [4.78, 5) is 6.17. The first-order valence-electron chi connectivity index (χ1n) is 6.83. The lowest BCUT2D eigenvalue weighted by atomic mass is 9.90. The van der Waals surface area contributed by atoms with Crippen molar-refractivity contribution in [2.24, 2.45) is 0 Å². The van der Waals surface area contributed by atoms with Crippen molar-refractivity contribution in [2.75, 3.05) is 0 Å². The fourth-order valence-corrected chi connectivity index (χ4v) is 4.00. The normalized spacial score (nSPS) is 16.9. The van der Waals surface area contributed by atoms with Crippen molar-refractivity contribution in [1.29, 1.82) is 0 Å². The van der Waals surface area contributed by atoms with Crippen LogP contribution in [0.3, 0.4) is 0 Å². The first-order chi connectivity index (χ1) is 9.28. The van der Waals surface area contributed by atoms with E-state index in [1.165, 1.54) is 37.1 Å². The number of thiazole rings is 1. The van der Waals surface area contributed by atoms with Crippen molar-refractivity contribution in [3.05, 3.63) is 15.5 Å². The minimum absolute atomic E-state index is 0.324. The molecule has 1 fully saturated rings. The van der Waals surface area contributed by atoms with Crippen molar-refractivity contribution < 1.29 is 4.42 Å². The van der Waals surface area contributed by atoms with E-state index >= 15 is 0 Å². The van der Waals surface area contributed by atoms with Crippen LogP contribution in [0.4, 0.5) is 0 Å². The van der Waals surface area contributed by atoms with Crippen LogP contribution < -0.4 is 0 Å². The quantitative estimate of drug-likeness (QED) is 0.849. The molecule has 0 aliphatic heterocycles. The van der Waals surface area contributed by atoms with Gasteiger partial charge in [-0.1, -0.05) is 26.2 Å². The molecule has 0 saturated heterocycles. The number of hydrogen-bond acceptors (Lipinski definition) is 5. The molecule has 1 N–H and O–H groups in total. The van der Waals surface area contributed by atoms with Gasteiger partial charge < -0.3 is 4.42 Å². The molecule has 2 aromatic heterocycles. The van der Waals surface area contributed by atoms with Crippen LogP contribution >= 0.6 is 23.6 Å². The summed E-state index contributed by atoms with van der Waals surface area (Å²) in [6.07, 6.45) is 7.44. The third-order valence-electron chi connectivity index (χ3n) is 3.64. The van der Waals surface area contributed by atoms with Gasteiger partial charge >= 0.3 is 0 Å². The fraction of sp³-hybridized carbons (Fsp3) is 0.615. The summed E-state index contributed by atoms with van der Waals surface area (Å²) < 4.78 is 5.43. The number of H-pyrrole nitrogens is 1. The van der Waals surface area contributed by atoms with E-state index in [1.54, 1.807) is 11.3 Å². The summed E-state index contributed by atoms with van der Waals surface area (Å²) in [5.41, 5.74) is 1.08. The number of aromatic nitrogens is 3. The van der Waals surface area contributed by atoms with Gasteiger partial charge in [-0.15, -0.1) is 16.4 Å². The van der Waals surface area contributed by atoms with Gasteiger partial charge in [0.05, 0.1) is 10.7 Å². The molecular formula is C13H17N3OS2. The van der Waals surface area contributed by atoms with Gasteiger partial charge in [-0.2, -0.15) is 0 Å². The summed E-state index contributed by atoms with van der Waals surface area (Å²) in [5.74, 6) is 1.21. The Balaban J connectivity index is 1.95. The standard InChI is InChI=1S/C13H17N3OS2/c1-2-9-10(11-15-16-13(18)17-11)19-12(14-9)8-6-4-3-5-7-8/h8H,2-7H2,1H3,(H,16,18). The Hall–Kier alpha value is -1.01. The lowest BCUT2D eigenvalue weighted by Crippen LogP contribution is -2.04. The van der Waals surface area contributed by atoms with Crippen LogP contribution in [0.1, 0.15) is 55.6 Å². The molecule has 0 atom stereocenters. The Kier molecular flexibility index (Phi) is 3.79. The Bertz CT molecular complexity index is 607. The summed E-state index contributed by atoms with van der Waals surface area (Å²) >= 11 is 6.67. The summed E-state index contributed by atoms with van der Waals surface area (Å²) in [6.45, 7) is 2.12. The molecule has 1 aliphatic rings. The van der Waals surface area contributed by atoms with E-state index in [2.05, 4.69) is 17.1 Å². The van der Waals surface area contributed by atoms with Gasteiger partial charge in [-0.3, -0.25) is 0 Å². The molecule has 4 nitrogen and oxygen atoms in total. The molecule has 3 rings (SSSR count). The maximum absolute atomic E-state index is 5.43. The predicted molar refractivity (Wildman–Crippen MR) is 78.0 cm³/mol. The molecule has 1 saturated carbocycles. The number of nitrogens with zero attached hydrogens (tertiary/aromatic N) is 2. The zero-order valence-electron chi connectivity index (χ0n) is 10.9. The van der Waals surface area contributed by atoms with Crippen molar-refractivity contribution in [3.63, 3.8) is 0 Å². The highest BCUT2D eigenvalue weighted by molar-refractivity contribution is 7.71. The van der Waals surface area contributed by atoms with E-state index in [1.807, 2.05) is 0 Å². The summed E-state index contributed by atoms with van der Waals surface area (Å²) in [6, 6.07) is 0. The first-order valence-corrected chi connectivity index (χ1v) is 8.06. The summed E-state index contributed by atoms with van der Waals surface area (Å²) in [7, 11) is 0. The van der Waals surface area contributed by atoms with E-state index in [0.29, 0.717) is 16.6 Å². The number of hydrogen-bond donors (Lipinski definition) is 1. The van der Waals surface area contributed by atoms with Crippen molar-refractivity contribution in [1.82, 2.24) is 15.2 Å². The van der Waals surface area contributed by atoms with Gasteiger partial charge in [0.25, 0.3) is 10.7 Å². The molecule has 6 heteroatoms. The maximum Gasteiger partial charge on any atom is 0.284 e. The summed E-state index contributed by atoms with van der Waals surface area (Å²) in [5, 5.41) is 8.06. The smallest absolute Gasteiger partial charge is 0.284 e. The average molecular weight is 295 g/mol. The molecular weight excluding hydrogens is 278 g/mol. The van der Waals surface area contributed by atoms with E-state index in [9.17, 15) is 0 Å². The molecule has 0 radical (unpaired) electrons. The van der Waals surface area contributed by atoms with Crippen LogP contribution in [0.15, 0.2) is 4.42 Å². The molecule has 2 aromatic rings. The fourth-order valence-electron chi connectivity index (χ4n) is 2.63. The third-order valence-corrected chi connectivity index (χ3v) is 5.06. The second kappa shape index (κ2) is 5.54. The lowest BCUT2D eigenvalue weighted by Gasteiger charge is -2.18. The van der Waals surface area contributed by atoms with E-state index in [-0.39, 0.29) is 0 Å². The number of nitrogens with one attached hydrogen (secondary N) is 1. The van der Waals surface area contributed by atoms with Crippen molar-refractivity contribution in [2.45, 2.75) is 51.4 Å². The molecule has 102 valence electrons. The molecule has 0 bridgehead atoms. The zero-order chi connectivity index (χ0) is 13.2. The van der Waals surface area contributed by atoms with Gasteiger partial charge in [0.1, 0.15) is 4.88 Å². The van der Waals surface area contributed by atoms with Crippen LogP contribution in [-0.2, 0) is 6.42 Å². The molecule has 0 amide bonds. The van der Waals surface area contributed by atoms with Crippen LogP contribution in [0, 0.1) is 4.84 Å². The Labute approximate surface area is 121 Å². The minimum atomic E-state index is 0.324. The van der Waals surface area contributed by atoms with Crippen LogP contribution in [-0.4, -0.2) is 15.2 Å². The highest BCUT2D eigenvalue weighted by Crippen LogP contribution is 2.39. The molecule has 1 aliphatic carbocycles. The Morgan fingerprint density at radius 1 is 1.37 bits per heavy atom. The van der Waals surface area contributed by atoms with Crippen molar-refractivity contribution >= 4 is 23.6 Å². The van der Waals surface area contributed by atoms with Gasteiger partial charge in [0, 0.05) is 5.92 Å². The van der Waals surface area contributed by atoms with Gasteiger partial charge in [0.15, 0.2) is 0 Å². The van der Waals surface area contributed by atoms with Crippen LogP contribution in [0.2, 0.25) is 0 Å². The Morgan fingerprint density at radius 2 is 2.16 bits per heavy atom. The van der Waals surface area contributed by atoms with Crippen LogP contribution in [0.5, 0.6) is 0 Å². The van der Waals surface area contributed by atoms with E-state index in [4.69, 9.17) is 21.6 Å². The molecule has 2 heterocycles. The number of rotatable bonds is 3. The zero-order valence-corrected chi connectivity index (χ0v) is 12.6. The first kappa shape index (κ1) is 13.0. The highest BCUT2D eigenvalue weighted by Gasteiger charge is 2.23. The minimum Gasteiger partial charge on any atom is -0.408 e. The number of aromatic amines is 1. The molecule has 0 aromatic carbocycles. The second-order valence-electron chi connectivity index (χ2n) is 4.93. The van der Waals surface area contributed by atoms with Gasteiger partial charge in [0.2, 0.25) is 0 Å². The monoisotopic (exact) mass is 295 g/mol. The second-order valence-corrected chi connectivity index (χ2v) is 6.34. The lowest BCUT2D eigenvalue weighted by molar-refractivity contribution is 0.442. The molecule has 0 spiro atoms. The largest absolute Gasteiger partial charge is 0.408 e. The highest BCUT2D eigenvalue weighted by atomic mass is 32.1. The van der Waals surface area contributed by atoms with E-state index in [0.717, 1.165) is 17.0 Å². The average Bonchev–Trinajstić information content (AvgIpc) is 3.05. The SMILES string of the molecule is CCc1nc(C2CCCCC2)sc1-c1n[nH]c(=S)o1. The topological polar surface area (TPSA) is 54.7 Å². The molecule has 0 unspecified atom stereocenters. The number of aryl methyl sites for hydroxylation is 1. The van der Waals surface area contributed by atoms with Crippen molar-refractivity contribution in [3.8, 4) is 10.8 Å². The predicted octanol–water partition coefficient (Wildman–Crippen LogP) is 4.47. The van der Waals surface area contributed by atoms with E-state index < -0.39 is 0 Å². The van der Waals surface area contributed by atoms with Crippen LogP contribution in [0.25, 0.3) is 10.8 Å². The maximum atomic E-state index is 5.43. The molecule has 19 heavy (non-hydrogen) atoms. The van der Waals surface area contributed by atoms with Gasteiger partial charge in [-0.25, -0.2) is 10.1 Å².